The van der Waals surface area contributed by atoms with E-state index in [9.17, 15) is 4.79 Å². The minimum Gasteiger partial charge on any atom is -0.398 e. The highest BCUT2D eigenvalue weighted by atomic mass is 35.5. The zero-order valence-electron chi connectivity index (χ0n) is 10.7. The Balaban J connectivity index is 1.99. The van der Waals surface area contributed by atoms with Gasteiger partial charge in [0.1, 0.15) is 0 Å². The van der Waals surface area contributed by atoms with Gasteiger partial charge >= 0.3 is 0 Å². The first-order chi connectivity index (χ1) is 9.58. The number of nitrogen functional groups attached to an aromatic ring is 1. The zero-order valence-corrected chi connectivity index (χ0v) is 12.2. The molecule has 0 bridgehead atoms. The van der Waals surface area contributed by atoms with E-state index in [0.717, 1.165) is 12.0 Å². The molecule has 0 spiro atoms. The van der Waals surface area contributed by atoms with Gasteiger partial charge in [0, 0.05) is 17.3 Å². The first-order valence-electron chi connectivity index (χ1n) is 6.14. The van der Waals surface area contributed by atoms with Crippen LogP contribution in [0.1, 0.15) is 15.9 Å². The molecule has 0 saturated heterocycles. The summed E-state index contributed by atoms with van der Waals surface area (Å²) < 4.78 is 0. The molecule has 2 aromatic carbocycles. The first kappa shape index (κ1) is 14.7. The van der Waals surface area contributed by atoms with Crippen LogP contribution in [0, 0.1) is 0 Å². The van der Waals surface area contributed by atoms with E-state index < -0.39 is 0 Å². The van der Waals surface area contributed by atoms with Crippen molar-refractivity contribution in [3.8, 4) is 0 Å². The standard InChI is InChI=1S/C15H14Cl2N2O/c16-11-8-12(17)14(13(18)9-11)15(20)19-7-6-10-4-2-1-3-5-10/h1-5,8-9H,6-7,18H2,(H,19,20). The van der Waals surface area contributed by atoms with Crippen LogP contribution >= 0.6 is 23.2 Å². The van der Waals surface area contributed by atoms with Gasteiger partial charge in [-0.2, -0.15) is 0 Å². The van der Waals surface area contributed by atoms with Gasteiger partial charge in [0.15, 0.2) is 0 Å². The molecule has 0 radical (unpaired) electrons. The summed E-state index contributed by atoms with van der Waals surface area (Å²) in [7, 11) is 0. The predicted molar refractivity (Wildman–Crippen MR) is 83.4 cm³/mol. The molecule has 0 aliphatic rings. The van der Waals surface area contributed by atoms with Crippen molar-refractivity contribution in [3.63, 3.8) is 0 Å². The number of benzene rings is 2. The second-order valence-electron chi connectivity index (χ2n) is 4.34. The molecule has 0 aromatic heterocycles. The summed E-state index contributed by atoms with van der Waals surface area (Å²) >= 11 is 11.8. The molecule has 0 saturated carbocycles. The average Bonchev–Trinajstić information content (AvgIpc) is 2.38. The molecule has 0 atom stereocenters. The van der Waals surface area contributed by atoms with Gasteiger partial charge in [0.05, 0.1) is 10.6 Å². The number of halogens is 2. The number of carbonyl (C=O) groups is 1. The summed E-state index contributed by atoms with van der Waals surface area (Å²) in [5, 5.41) is 3.47. The fourth-order valence-corrected chi connectivity index (χ4v) is 2.48. The van der Waals surface area contributed by atoms with Crippen LogP contribution in [0.3, 0.4) is 0 Å². The molecule has 0 aliphatic heterocycles. The second kappa shape index (κ2) is 6.64. The van der Waals surface area contributed by atoms with Gasteiger partial charge in [-0.1, -0.05) is 53.5 Å². The molecule has 0 heterocycles. The third kappa shape index (κ3) is 3.65. The van der Waals surface area contributed by atoms with Crippen LogP contribution < -0.4 is 11.1 Å². The van der Waals surface area contributed by atoms with E-state index in [1.165, 1.54) is 12.1 Å². The molecule has 2 aromatic rings. The molecule has 0 aliphatic carbocycles. The van der Waals surface area contributed by atoms with Crippen LogP contribution in [-0.4, -0.2) is 12.5 Å². The summed E-state index contributed by atoms with van der Waals surface area (Å²) in [5.74, 6) is -0.292. The molecule has 0 unspecified atom stereocenters. The molecule has 0 fully saturated rings. The van der Waals surface area contributed by atoms with Crippen LogP contribution in [0.15, 0.2) is 42.5 Å². The predicted octanol–water partition coefficient (Wildman–Crippen LogP) is 3.55. The van der Waals surface area contributed by atoms with Crippen LogP contribution in [-0.2, 0) is 6.42 Å². The average molecular weight is 309 g/mol. The molecule has 3 nitrogen and oxygen atoms in total. The lowest BCUT2D eigenvalue weighted by Crippen LogP contribution is -2.26. The quantitative estimate of drug-likeness (QED) is 0.849. The maximum absolute atomic E-state index is 12.1. The Morgan fingerprint density at radius 3 is 2.50 bits per heavy atom. The Hall–Kier alpha value is -1.71. The lowest BCUT2D eigenvalue weighted by atomic mass is 10.1. The lowest BCUT2D eigenvalue weighted by Gasteiger charge is -2.10. The highest BCUT2D eigenvalue weighted by Gasteiger charge is 2.14. The number of nitrogens with two attached hydrogens (primary N) is 1. The van der Waals surface area contributed by atoms with Crippen molar-refractivity contribution in [2.45, 2.75) is 6.42 Å². The first-order valence-corrected chi connectivity index (χ1v) is 6.90. The van der Waals surface area contributed by atoms with E-state index in [1.807, 2.05) is 30.3 Å². The highest BCUT2D eigenvalue weighted by Crippen LogP contribution is 2.26. The van der Waals surface area contributed by atoms with Crippen molar-refractivity contribution in [1.82, 2.24) is 5.32 Å². The number of hydrogen-bond acceptors (Lipinski definition) is 2. The Bertz CT molecular complexity index is 592. The summed E-state index contributed by atoms with van der Waals surface area (Å²) in [5.41, 5.74) is 7.48. The maximum atomic E-state index is 12.1. The SMILES string of the molecule is Nc1cc(Cl)cc(Cl)c1C(=O)NCCc1ccccc1. The molecule has 104 valence electrons. The number of carbonyl (C=O) groups excluding carboxylic acids is 1. The molecule has 3 N–H and O–H groups in total. The van der Waals surface area contributed by atoms with Crippen molar-refractivity contribution in [2.24, 2.45) is 0 Å². The smallest absolute Gasteiger partial charge is 0.254 e. The summed E-state index contributed by atoms with van der Waals surface area (Å²) in [6.45, 7) is 0.515. The Morgan fingerprint density at radius 2 is 1.85 bits per heavy atom. The number of rotatable bonds is 4. The van der Waals surface area contributed by atoms with Crippen LogP contribution in [0.4, 0.5) is 5.69 Å². The van der Waals surface area contributed by atoms with Gasteiger partial charge in [-0.3, -0.25) is 4.79 Å². The summed E-state index contributed by atoms with van der Waals surface area (Å²) in [4.78, 5) is 12.1. The fraction of sp³-hybridized carbons (Fsp3) is 0.133. The number of nitrogens with one attached hydrogen (secondary N) is 1. The van der Waals surface area contributed by atoms with Crippen molar-refractivity contribution in [2.75, 3.05) is 12.3 Å². The van der Waals surface area contributed by atoms with Gasteiger partial charge in [0.2, 0.25) is 0 Å². The van der Waals surface area contributed by atoms with E-state index in [-0.39, 0.29) is 22.2 Å². The molecule has 5 heteroatoms. The number of amides is 1. The Morgan fingerprint density at radius 1 is 1.15 bits per heavy atom. The maximum Gasteiger partial charge on any atom is 0.254 e. The van der Waals surface area contributed by atoms with Gasteiger partial charge in [-0.15, -0.1) is 0 Å². The van der Waals surface area contributed by atoms with Gasteiger partial charge in [-0.25, -0.2) is 0 Å². The van der Waals surface area contributed by atoms with Gasteiger partial charge in [-0.05, 0) is 24.1 Å². The van der Waals surface area contributed by atoms with E-state index in [1.54, 1.807) is 0 Å². The van der Waals surface area contributed by atoms with Gasteiger partial charge < -0.3 is 11.1 Å². The highest BCUT2D eigenvalue weighted by molar-refractivity contribution is 6.37. The van der Waals surface area contributed by atoms with E-state index in [0.29, 0.717) is 11.6 Å². The summed E-state index contributed by atoms with van der Waals surface area (Å²) in [6.07, 6.45) is 0.748. The summed E-state index contributed by atoms with van der Waals surface area (Å²) in [6, 6.07) is 12.9. The molecule has 20 heavy (non-hydrogen) atoms. The third-order valence-electron chi connectivity index (χ3n) is 2.85. The molecule has 2 rings (SSSR count). The lowest BCUT2D eigenvalue weighted by molar-refractivity contribution is 0.0955. The van der Waals surface area contributed by atoms with Crippen molar-refractivity contribution in [1.29, 1.82) is 0 Å². The van der Waals surface area contributed by atoms with Gasteiger partial charge in [0.25, 0.3) is 5.91 Å². The normalized spacial score (nSPS) is 10.3. The monoisotopic (exact) mass is 308 g/mol. The van der Waals surface area contributed by atoms with E-state index >= 15 is 0 Å². The molecular weight excluding hydrogens is 295 g/mol. The van der Waals surface area contributed by atoms with Crippen LogP contribution in [0.5, 0.6) is 0 Å². The minimum absolute atomic E-state index is 0.257. The number of hydrogen-bond donors (Lipinski definition) is 2. The Kier molecular flexibility index (Phi) is 4.88. The topological polar surface area (TPSA) is 55.1 Å². The van der Waals surface area contributed by atoms with Crippen molar-refractivity contribution >= 4 is 34.8 Å². The third-order valence-corrected chi connectivity index (χ3v) is 3.37. The zero-order chi connectivity index (χ0) is 14.5. The second-order valence-corrected chi connectivity index (χ2v) is 5.19. The Labute approximate surface area is 127 Å². The molecule has 1 amide bonds. The van der Waals surface area contributed by atoms with Crippen LogP contribution in [0.25, 0.3) is 0 Å². The van der Waals surface area contributed by atoms with Crippen molar-refractivity contribution in [3.05, 3.63) is 63.6 Å². The fourth-order valence-electron chi connectivity index (χ4n) is 1.89. The van der Waals surface area contributed by atoms with E-state index in [2.05, 4.69) is 5.32 Å². The van der Waals surface area contributed by atoms with Crippen molar-refractivity contribution < 1.29 is 4.79 Å². The van der Waals surface area contributed by atoms with Crippen LogP contribution in [0.2, 0.25) is 10.0 Å². The largest absolute Gasteiger partial charge is 0.398 e. The number of anilines is 1. The van der Waals surface area contributed by atoms with E-state index in [4.69, 9.17) is 28.9 Å². The molecular formula is C15H14Cl2N2O. The minimum atomic E-state index is -0.292.